The standard InChI is InChI=1S/C42H41F3N6O5S/c1-54-34-14-4-28(5-15-34)26-50(33-12-18-36(56-3)19-13-33)57(52,53)40-38(42(43,44)45)21-20-37(32-10-8-30(9-11-32)31-22-24-46-25-23-31)39(40)41-47-49-51(48-41)27-29-6-16-35(55-2)17-7-29/h4-21,31,46H,22-27H2,1-3H3. The molecule has 1 aliphatic heterocycles. The molecule has 7 rings (SSSR count). The summed E-state index contributed by atoms with van der Waals surface area (Å²) in [7, 11) is -0.583. The van der Waals surface area contributed by atoms with Crippen LogP contribution in [0.4, 0.5) is 18.9 Å². The van der Waals surface area contributed by atoms with Gasteiger partial charge < -0.3 is 19.5 Å². The summed E-state index contributed by atoms with van der Waals surface area (Å²) in [5, 5.41) is 16.3. The molecule has 0 amide bonds. The van der Waals surface area contributed by atoms with Gasteiger partial charge in [-0.15, -0.1) is 10.2 Å². The first-order valence-corrected chi connectivity index (χ1v) is 19.7. The number of alkyl halides is 3. The zero-order valence-corrected chi connectivity index (χ0v) is 32.3. The number of sulfonamides is 1. The van der Waals surface area contributed by atoms with E-state index >= 15 is 21.6 Å². The van der Waals surface area contributed by atoms with Crippen molar-refractivity contribution in [3.8, 4) is 39.8 Å². The number of hydrogen-bond acceptors (Lipinski definition) is 9. The molecule has 0 spiro atoms. The van der Waals surface area contributed by atoms with Crippen molar-refractivity contribution >= 4 is 15.7 Å². The van der Waals surface area contributed by atoms with Gasteiger partial charge in [-0.05, 0) is 119 Å². The zero-order chi connectivity index (χ0) is 40.2. The molecule has 0 aliphatic carbocycles. The zero-order valence-electron chi connectivity index (χ0n) is 31.5. The fourth-order valence-electron chi connectivity index (χ4n) is 7.00. The number of nitrogens with zero attached hydrogens (tertiary/aromatic N) is 5. The quantitative estimate of drug-likeness (QED) is 0.124. The number of rotatable bonds is 13. The molecule has 0 unspecified atom stereocenters. The molecule has 0 bridgehead atoms. The van der Waals surface area contributed by atoms with Crippen LogP contribution in [0.1, 0.15) is 41.0 Å². The second-order valence-electron chi connectivity index (χ2n) is 13.6. The minimum Gasteiger partial charge on any atom is -0.497 e. The monoisotopic (exact) mass is 798 g/mol. The van der Waals surface area contributed by atoms with Gasteiger partial charge in [-0.3, -0.25) is 4.31 Å². The number of methoxy groups -OCH3 is 3. The highest BCUT2D eigenvalue weighted by molar-refractivity contribution is 7.93. The van der Waals surface area contributed by atoms with Crippen LogP contribution in [0.15, 0.2) is 114 Å². The van der Waals surface area contributed by atoms with E-state index in [2.05, 4.69) is 20.7 Å². The fourth-order valence-corrected chi connectivity index (χ4v) is 8.86. The van der Waals surface area contributed by atoms with Crippen LogP contribution in [0.25, 0.3) is 22.5 Å². The number of anilines is 1. The molecular weight excluding hydrogens is 758 g/mol. The van der Waals surface area contributed by atoms with Crippen LogP contribution in [0, 0.1) is 0 Å². The van der Waals surface area contributed by atoms with Gasteiger partial charge in [0.05, 0.1) is 51.2 Å². The molecule has 6 aromatic rings. The minimum absolute atomic E-state index is 0.105. The summed E-state index contributed by atoms with van der Waals surface area (Å²) in [5.41, 5.74) is 1.45. The Kier molecular flexibility index (Phi) is 11.5. The molecule has 296 valence electrons. The van der Waals surface area contributed by atoms with E-state index in [1.807, 2.05) is 12.1 Å². The predicted molar refractivity (Wildman–Crippen MR) is 210 cm³/mol. The van der Waals surface area contributed by atoms with Crippen molar-refractivity contribution in [1.82, 2.24) is 25.5 Å². The van der Waals surface area contributed by atoms with E-state index in [0.29, 0.717) is 34.3 Å². The van der Waals surface area contributed by atoms with Gasteiger partial charge in [0.25, 0.3) is 10.0 Å². The average Bonchev–Trinajstić information content (AvgIpc) is 3.71. The summed E-state index contributed by atoms with van der Waals surface area (Å²) in [4.78, 5) is 0.222. The number of ether oxygens (including phenoxy) is 3. The number of aromatic nitrogens is 4. The summed E-state index contributed by atoms with van der Waals surface area (Å²) in [5.74, 6) is 1.63. The number of tetrazole rings is 1. The van der Waals surface area contributed by atoms with Gasteiger partial charge in [0.15, 0.2) is 0 Å². The first kappa shape index (κ1) is 39.3. The SMILES string of the molecule is COc1ccc(CN(c2ccc(OC)cc2)S(=O)(=O)c2c(C(F)(F)F)ccc(-c3ccc(C4CCNCC4)cc3)c2-c2nnn(Cc3ccc(OC)cc3)n2)cc1. The molecule has 1 aromatic heterocycles. The van der Waals surface area contributed by atoms with Crippen molar-refractivity contribution in [3.05, 3.63) is 131 Å². The molecular formula is C42H41F3N6O5S. The number of nitrogens with one attached hydrogen (secondary N) is 1. The summed E-state index contributed by atoms with van der Waals surface area (Å²) in [6.45, 7) is 1.56. The van der Waals surface area contributed by atoms with Crippen molar-refractivity contribution in [2.45, 2.75) is 42.9 Å². The molecule has 1 fully saturated rings. The highest BCUT2D eigenvalue weighted by Gasteiger charge is 2.43. The van der Waals surface area contributed by atoms with Crippen molar-refractivity contribution < 1.29 is 35.8 Å². The lowest BCUT2D eigenvalue weighted by molar-refractivity contribution is -0.139. The second-order valence-corrected chi connectivity index (χ2v) is 15.4. The molecule has 5 aromatic carbocycles. The van der Waals surface area contributed by atoms with E-state index in [4.69, 9.17) is 14.2 Å². The minimum atomic E-state index is -5.10. The van der Waals surface area contributed by atoms with Gasteiger partial charge in [-0.2, -0.15) is 18.0 Å². The Labute approximate surface area is 329 Å². The van der Waals surface area contributed by atoms with Gasteiger partial charge in [-0.1, -0.05) is 54.6 Å². The van der Waals surface area contributed by atoms with Gasteiger partial charge in [0.2, 0.25) is 5.82 Å². The number of piperidine rings is 1. The van der Waals surface area contributed by atoms with Crippen LogP contribution < -0.4 is 23.8 Å². The molecule has 1 aliphatic rings. The number of hydrogen-bond donors (Lipinski definition) is 1. The largest absolute Gasteiger partial charge is 0.497 e. The van der Waals surface area contributed by atoms with E-state index in [9.17, 15) is 0 Å². The number of halogens is 3. The number of benzene rings is 5. The third-order valence-corrected chi connectivity index (χ3v) is 11.9. The Morgan fingerprint density at radius 1 is 0.754 bits per heavy atom. The molecule has 2 heterocycles. The Balaban J connectivity index is 1.44. The van der Waals surface area contributed by atoms with E-state index < -0.39 is 26.7 Å². The molecule has 0 atom stereocenters. The van der Waals surface area contributed by atoms with Crippen LogP contribution in [0.5, 0.6) is 17.2 Å². The maximum absolute atomic E-state index is 15.3. The smallest absolute Gasteiger partial charge is 0.417 e. The van der Waals surface area contributed by atoms with E-state index in [1.165, 1.54) is 37.2 Å². The molecule has 15 heteroatoms. The topological polar surface area (TPSA) is 121 Å². The van der Waals surface area contributed by atoms with Crippen molar-refractivity contribution in [1.29, 1.82) is 0 Å². The van der Waals surface area contributed by atoms with Gasteiger partial charge in [0.1, 0.15) is 22.1 Å². The van der Waals surface area contributed by atoms with Crippen LogP contribution in [0.2, 0.25) is 0 Å². The van der Waals surface area contributed by atoms with E-state index in [-0.39, 0.29) is 35.7 Å². The van der Waals surface area contributed by atoms with Gasteiger partial charge in [0, 0.05) is 0 Å². The average molecular weight is 799 g/mol. The van der Waals surface area contributed by atoms with Crippen LogP contribution in [0.3, 0.4) is 0 Å². The summed E-state index contributed by atoms with van der Waals surface area (Å²) < 4.78 is 93.4. The Morgan fingerprint density at radius 3 is 1.88 bits per heavy atom. The molecule has 11 nitrogen and oxygen atoms in total. The first-order chi connectivity index (χ1) is 27.5. The normalized spacial score (nSPS) is 13.6. The van der Waals surface area contributed by atoms with Crippen molar-refractivity contribution in [2.24, 2.45) is 0 Å². The van der Waals surface area contributed by atoms with Crippen LogP contribution in [-0.4, -0.2) is 63.0 Å². The lowest BCUT2D eigenvalue weighted by atomic mass is 9.88. The summed E-state index contributed by atoms with van der Waals surface area (Å²) in [6, 6.07) is 29.4. The Bertz CT molecular complexity index is 2400. The highest BCUT2D eigenvalue weighted by atomic mass is 32.2. The lowest BCUT2D eigenvalue weighted by Crippen LogP contribution is -2.33. The second kappa shape index (κ2) is 16.7. The maximum atomic E-state index is 15.3. The third-order valence-electron chi connectivity index (χ3n) is 10.0. The van der Waals surface area contributed by atoms with Crippen LogP contribution in [-0.2, 0) is 29.3 Å². The van der Waals surface area contributed by atoms with E-state index in [0.717, 1.165) is 47.4 Å². The Hall–Kier alpha value is -5.93. The summed E-state index contributed by atoms with van der Waals surface area (Å²) in [6.07, 6.45) is -3.20. The molecule has 0 saturated carbocycles. The van der Waals surface area contributed by atoms with Crippen LogP contribution >= 0.6 is 0 Å². The maximum Gasteiger partial charge on any atom is 0.417 e. The fraction of sp³-hybridized carbons (Fsp3) is 0.262. The van der Waals surface area contributed by atoms with Gasteiger partial charge >= 0.3 is 6.18 Å². The predicted octanol–water partition coefficient (Wildman–Crippen LogP) is 7.96. The van der Waals surface area contributed by atoms with Gasteiger partial charge in [-0.25, -0.2) is 8.42 Å². The third kappa shape index (κ3) is 8.59. The Morgan fingerprint density at radius 2 is 1.32 bits per heavy atom. The molecule has 0 radical (unpaired) electrons. The highest BCUT2D eigenvalue weighted by Crippen LogP contribution is 2.46. The first-order valence-electron chi connectivity index (χ1n) is 18.2. The molecule has 1 N–H and O–H groups in total. The molecule has 1 saturated heterocycles. The summed E-state index contributed by atoms with van der Waals surface area (Å²) >= 11 is 0. The van der Waals surface area contributed by atoms with Crippen molar-refractivity contribution in [3.63, 3.8) is 0 Å². The lowest BCUT2D eigenvalue weighted by Gasteiger charge is -2.28. The van der Waals surface area contributed by atoms with Crippen molar-refractivity contribution in [2.75, 3.05) is 38.7 Å². The molecule has 57 heavy (non-hydrogen) atoms. The van der Waals surface area contributed by atoms with E-state index in [1.54, 1.807) is 79.9 Å².